The number of benzene rings is 1. The van der Waals surface area contributed by atoms with E-state index in [9.17, 15) is 9.59 Å². The first-order valence-electron chi connectivity index (χ1n) is 12.2. The van der Waals surface area contributed by atoms with E-state index in [0.717, 1.165) is 31.5 Å². The third-order valence-corrected chi connectivity index (χ3v) is 6.87. The van der Waals surface area contributed by atoms with Crippen LogP contribution in [0.3, 0.4) is 0 Å². The Morgan fingerprint density at radius 1 is 1.24 bits per heavy atom. The van der Waals surface area contributed by atoms with Crippen LogP contribution >= 0.6 is 0 Å². The number of alkyl halides is 1. The molecule has 1 aromatic carbocycles. The molecule has 182 valence electrons. The molecule has 2 saturated heterocycles. The van der Waals surface area contributed by atoms with Crippen molar-refractivity contribution in [3.63, 3.8) is 0 Å². The Kier molecular flexibility index (Phi) is 8.51. The Balaban J connectivity index is 1.56. The van der Waals surface area contributed by atoms with Crippen molar-refractivity contribution < 1.29 is 14.0 Å². The standard InChI is InChI=1S/C26H39FN4O2/c1-18(2)15-20(4)26(27)9-13-31(14-10-26)24(32)22-6-5-19(3)23(16-22)30-25(33)29-17-21-7-11-28-12-8-21/h5-6,16,18,21,28H,4,7-15,17H2,1-3H3,(H2,29,30,33). The van der Waals surface area contributed by atoms with Crippen molar-refractivity contribution in [2.75, 3.05) is 38.0 Å². The second-order valence-corrected chi connectivity index (χ2v) is 10.0. The maximum atomic E-state index is 15.3. The molecule has 2 fully saturated rings. The molecule has 3 N–H and O–H groups in total. The van der Waals surface area contributed by atoms with Gasteiger partial charge in [-0.15, -0.1) is 0 Å². The van der Waals surface area contributed by atoms with Gasteiger partial charge in [-0.3, -0.25) is 4.79 Å². The molecule has 0 aromatic heterocycles. The molecule has 3 rings (SSSR count). The van der Waals surface area contributed by atoms with Gasteiger partial charge < -0.3 is 20.9 Å². The van der Waals surface area contributed by atoms with Crippen LogP contribution in [0, 0.1) is 18.8 Å². The molecule has 33 heavy (non-hydrogen) atoms. The normalized spacial score (nSPS) is 18.8. The van der Waals surface area contributed by atoms with Gasteiger partial charge in [-0.25, -0.2) is 9.18 Å². The number of urea groups is 1. The van der Waals surface area contributed by atoms with Crippen molar-refractivity contribution in [1.82, 2.24) is 15.5 Å². The fourth-order valence-electron chi connectivity index (χ4n) is 4.66. The van der Waals surface area contributed by atoms with Crippen LogP contribution < -0.4 is 16.0 Å². The van der Waals surface area contributed by atoms with Gasteiger partial charge >= 0.3 is 6.03 Å². The molecule has 0 spiro atoms. The van der Waals surface area contributed by atoms with Crippen LogP contribution in [-0.2, 0) is 0 Å². The van der Waals surface area contributed by atoms with E-state index in [4.69, 9.17) is 0 Å². The minimum Gasteiger partial charge on any atom is -0.338 e. The number of piperidine rings is 2. The molecule has 0 atom stereocenters. The lowest BCUT2D eigenvalue weighted by atomic mass is 9.82. The topological polar surface area (TPSA) is 73.5 Å². The Labute approximate surface area is 197 Å². The van der Waals surface area contributed by atoms with Gasteiger partial charge in [0.05, 0.1) is 0 Å². The molecule has 6 nitrogen and oxygen atoms in total. The third kappa shape index (κ3) is 6.79. The highest BCUT2D eigenvalue weighted by Crippen LogP contribution is 2.36. The van der Waals surface area contributed by atoms with Gasteiger partial charge in [-0.1, -0.05) is 26.5 Å². The van der Waals surface area contributed by atoms with E-state index in [2.05, 4.69) is 36.4 Å². The molecule has 1 aromatic rings. The van der Waals surface area contributed by atoms with Crippen LogP contribution in [0.2, 0.25) is 0 Å². The van der Waals surface area contributed by atoms with Crippen molar-refractivity contribution in [3.05, 3.63) is 41.5 Å². The molecule has 7 heteroatoms. The molecule has 0 aliphatic carbocycles. The lowest BCUT2D eigenvalue weighted by Crippen LogP contribution is -2.45. The number of carbonyl (C=O) groups excluding carboxylic acids is 2. The van der Waals surface area contributed by atoms with Crippen LogP contribution in [0.25, 0.3) is 0 Å². The Morgan fingerprint density at radius 2 is 1.91 bits per heavy atom. The van der Waals surface area contributed by atoms with Crippen molar-refractivity contribution in [2.45, 2.75) is 58.5 Å². The lowest BCUT2D eigenvalue weighted by Gasteiger charge is -2.38. The van der Waals surface area contributed by atoms with E-state index in [1.54, 1.807) is 17.0 Å². The number of rotatable bonds is 7. The van der Waals surface area contributed by atoms with Gasteiger partial charge in [0.15, 0.2) is 0 Å². The van der Waals surface area contributed by atoms with Crippen LogP contribution in [0.4, 0.5) is 14.9 Å². The quantitative estimate of drug-likeness (QED) is 0.520. The molecule has 0 radical (unpaired) electrons. The largest absolute Gasteiger partial charge is 0.338 e. The summed E-state index contributed by atoms with van der Waals surface area (Å²) in [5.74, 6) is 0.717. The summed E-state index contributed by atoms with van der Waals surface area (Å²) in [7, 11) is 0. The second kappa shape index (κ2) is 11.1. The summed E-state index contributed by atoms with van der Waals surface area (Å²) >= 11 is 0. The van der Waals surface area contributed by atoms with E-state index >= 15 is 4.39 Å². The summed E-state index contributed by atoms with van der Waals surface area (Å²) in [5.41, 5.74) is 1.25. The molecular weight excluding hydrogens is 419 g/mol. The number of nitrogens with zero attached hydrogens (tertiary/aromatic N) is 1. The number of allylic oxidation sites excluding steroid dienone is 1. The number of halogens is 1. The molecule has 2 aliphatic heterocycles. The average molecular weight is 459 g/mol. The van der Waals surface area contributed by atoms with E-state index < -0.39 is 5.67 Å². The Hall–Kier alpha value is -2.41. The van der Waals surface area contributed by atoms with Crippen molar-refractivity contribution in [3.8, 4) is 0 Å². The number of likely N-dealkylation sites (tertiary alicyclic amines) is 1. The maximum Gasteiger partial charge on any atom is 0.319 e. The van der Waals surface area contributed by atoms with Crippen LogP contribution in [0.5, 0.6) is 0 Å². The zero-order valence-electron chi connectivity index (χ0n) is 20.3. The van der Waals surface area contributed by atoms with Crippen LogP contribution in [0.1, 0.15) is 61.9 Å². The van der Waals surface area contributed by atoms with Crippen molar-refractivity contribution in [2.24, 2.45) is 11.8 Å². The number of nitrogens with one attached hydrogen (secondary N) is 3. The van der Waals surface area contributed by atoms with Crippen LogP contribution in [-0.4, -0.2) is 55.2 Å². The summed E-state index contributed by atoms with van der Waals surface area (Å²) in [6.07, 6.45) is 3.34. The maximum absolute atomic E-state index is 15.3. The number of carbonyl (C=O) groups is 2. The summed E-state index contributed by atoms with van der Waals surface area (Å²) < 4.78 is 15.3. The zero-order valence-corrected chi connectivity index (χ0v) is 20.3. The predicted octanol–water partition coefficient (Wildman–Crippen LogP) is 4.66. The predicted molar refractivity (Wildman–Crippen MR) is 131 cm³/mol. The lowest BCUT2D eigenvalue weighted by molar-refractivity contribution is 0.0538. The molecule has 0 saturated carbocycles. The van der Waals surface area contributed by atoms with Gasteiger partial charge in [0.1, 0.15) is 5.67 Å². The molecule has 2 aliphatic rings. The molecule has 0 unspecified atom stereocenters. The number of anilines is 1. The van der Waals surface area contributed by atoms with Gasteiger partial charge in [0.2, 0.25) is 0 Å². The molecule has 2 heterocycles. The monoisotopic (exact) mass is 458 g/mol. The highest BCUT2D eigenvalue weighted by molar-refractivity contribution is 5.97. The molecule has 0 bridgehead atoms. The third-order valence-electron chi connectivity index (χ3n) is 6.87. The van der Waals surface area contributed by atoms with E-state index in [0.29, 0.717) is 54.7 Å². The summed E-state index contributed by atoms with van der Waals surface area (Å²) in [5, 5.41) is 9.16. The number of hydrogen-bond donors (Lipinski definition) is 3. The molecular formula is C26H39FN4O2. The SMILES string of the molecule is C=C(CC(C)C)C1(F)CCN(C(=O)c2ccc(C)c(NC(=O)NCC3CCNCC3)c2)CC1. The summed E-state index contributed by atoms with van der Waals surface area (Å²) in [4.78, 5) is 27.2. The van der Waals surface area contributed by atoms with E-state index in [1.165, 1.54) is 0 Å². The van der Waals surface area contributed by atoms with Crippen LogP contribution in [0.15, 0.2) is 30.4 Å². The minimum absolute atomic E-state index is 0.135. The number of aryl methyl sites for hydroxylation is 1. The second-order valence-electron chi connectivity index (χ2n) is 10.0. The average Bonchev–Trinajstić information content (AvgIpc) is 2.79. The summed E-state index contributed by atoms with van der Waals surface area (Å²) in [6, 6.07) is 5.07. The van der Waals surface area contributed by atoms with Gasteiger partial charge in [-0.05, 0) is 74.4 Å². The first-order chi connectivity index (χ1) is 15.7. The van der Waals surface area contributed by atoms with Gasteiger partial charge in [0, 0.05) is 43.7 Å². The zero-order chi connectivity index (χ0) is 24.0. The van der Waals surface area contributed by atoms with E-state index in [-0.39, 0.29) is 24.8 Å². The smallest absolute Gasteiger partial charge is 0.319 e. The fraction of sp³-hybridized carbons (Fsp3) is 0.615. The molecule has 3 amide bonds. The highest BCUT2D eigenvalue weighted by Gasteiger charge is 2.38. The van der Waals surface area contributed by atoms with Gasteiger partial charge in [0.25, 0.3) is 5.91 Å². The van der Waals surface area contributed by atoms with E-state index in [1.807, 2.05) is 13.0 Å². The van der Waals surface area contributed by atoms with Gasteiger partial charge in [-0.2, -0.15) is 0 Å². The van der Waals surface area contributed by atoms with Crippen molar-refractivity contribution in [1.29, 1.82) is 0 Å². The highest BCUT2D eigenvalue weighted by atomic mass is 19.1. The Bertz CT molecular complexity index is 856. The fourth-order valence-corrected chi connectivity index (χ4v) is 4.66. The number of hydrogen-bond acceptors (Lipinski definition) is 3. The Morgan fingerprint density at radius 3 is 2.55 bits per heavy atom. The number of amides is 3. The first-order valence-corrected chi connectivity index (χ1v) is 12.2. The minimum atomic E-state index is -1.40. The van der Waals surface area contributed by atoms with Crippen molar-refractivity contribution >= 4 is 17.6 Å². The summed E-state index contributed by atoms with van der Waals surface area (Å²) in [6.45, 7) is 13.3. The first kappa shape index (κ1) is 25.2.